The molecule has 1 spiro atoms. The van der Waals surface area contributed by atoms with E-state index < -0.39 is 11.7 Å². The topological polar surface area (TPSA) is 117 Å². The molecule has 2 saturated heterocycles. The molecule has 8 rings (SSSR count). The number of benzene rings is 2. The summed E-state index contributed by atoms with van der Waals surface area (Å²) < 4.78 is 20.3. The highest BCUT2D eigenvalue weighted by Gasteiger charge is 2.42. The van der Waals surface area contributed by atoms with Crippen LogP contribution in [0.25, 0.3) is 10.6 Å². The Balaban J connectivity index is 0.979. The summed E-state index contributed by atoms with van der Waals surface area (Å²) in [7, 11) is 0. The molecular formula is C42H41FN6O4S. The molecule has 5 aromatic rings. The van der Waals surface area contributed by atoms with Crippen molar-refractivity contribution in [1.82, 2.24) is 9.97 Å². The molecule has 0 saturated carbocycles. The first-order valence-electron chi connectivity index (χ1n) is 18.3. The number of aromatic nitrogens is 2. The van der Waals surface area contributed by atoms with Crippen molar-refractivity contribution in [2.24, 2.45) is 5.41 Å². The zero-order chi connectivity index (χ0) is 37.6. The van der Waals surface area contributed by atoms with Crippen molar-refractivity contribution in [1.29, 1.82) is 0 Å². The number of fused-ring (bicyclic) bond motifs is 3. The van der Waals surface area contributed by atoms with Gasteiger partial charge in [-0.2, -0.15) is 0 Å². The number of thiophene rings is 1. The highest BCUT2D eigenvalue weighted by atomic mass is 32.1. The molecule has 276 valence electrons. The van der Waals surface area contributed by atoms with Crippen molar-refractivity contribution in [2.45, 2.75) is 46.0 Å². The number of hydrogen-bond donors (Lipinski definition) is 2. The van der Waals surface area contributed by atoms with Gasteiger partial charge in [0.25, 0.3) is 17.7 Å². The summed E-state index contributed by atoms with van der Waals surface area (Å²) in [6.07, 6.45) is 5.98. The lowest BCUT2D eigenvalue weighted by molar-refractivity contribution is -0.124. The molecule has 10 nitrogen and oxygen atoms in total. The fraction of sp³-hybridized carbons (Fsp3) is 0.310. The molecule has 3 aliphatic heterocycles. The summed E-state index contributed by atoms with van der Waals surface area (Å²) in [6, 6.07) is 19.0. The van der Waals surface area contributed by atoms with E-state index in [1.807, 2.05) is 45.0 Å². The molecule has 0 unspecified atom stereocenters. The van der Waals surface area contributed by atoms with Gasteiger partial charge in [0.05, 0.1) is 39.9 Å². The van der Waals surface area contributed by atoms with Gasteiger partial charge in [-0.25, -0.2) is 9.37 Å². The van der Waals surface area contributed by atoms with Crippen molar-refractivity contribution in [2.75, 3.05) is 53.3 Å². The fourth-order valence-corrected chi connectivity index (χ4v) is 8.62. The van der Waals surface area contributed by atoms with E-state index in [1.165, 1.54) is 17.4 Å². The summed E-state index contributed by atoms with van der Waals surface area (Å²) in [5.74, 6) is -0.630. The van der Waals surface area contributed by atoms with E-state index in [1.54, 1.807) is 53.7 Å². The minimum atomic E-state index is -0.479. The van der Waals surface area contributed by atoms with Crippen LogP contribution in [0, 0.1) is 18.2 Å². The van der Waals surface area contributed by atoms with Gasteiger partial charge in [0.15, 0.2) is 0 Å². The van der Waals surface area contributed by atoms with Crippen molar-refractivity contribution in [3.63, 3.8) is 0 Å². The van der Waals surface area contributed by atoms with Gasteiger partial charge >= 0.3 is 0 Å². The molecular weight excluding hydrogens is 704 g/mol. The molecule has 0 atom stereocenters. The van der Waals surface area contributed by atoms with Gasteiger partial charge in [-0.1, -0.05) is 26.0 Å². The third-order valence-corrected chi connectivity index (χ3v) is 11.8. The maximum Gasteiger partial charge on any atom is 0.265 e. The van der Waals surface area contributed by atoms with Gasteiger partial charge < -0.3 is 25.2 Å². The van der Waals surface area contributed by atoms with Gasteiger partial charge in [0, 0.05) is 48.7 Å². The second-order valence-corrected chi connectivity index (χ2v) is 15.8. The number of hydrogen-bond acceptors (Lipinski definition) is 8. The van der Waals surface area contributed by atoms with E-state index in [-0.39, 0.29) is 28.8 Å². The minimum absolute atomic E-state index is 0.0238. The average molecular weight is 745 g/mol. The lowest BCUT2D eigenvalue weighted by Crippen LogP contribution is -2.51. The summed E-state index contributed by atoms with van der Waals surface area (Å²) in [5, 5.41) is 5.81. The molecule has 2 fully saturated rings. The lowest BCUT2D eigenvalue weighted by Gasteiger charge is -2.47. The highest BCUT2D eigenvalue weighted by molar-refractivity contribution is 7.17. The van der Waals surface area contributed by atoms with Crippen molar-refractivity contribution in [3.05, 3.63) is 118 Å². The number of halogens is 1. The van der Waals surface area contributed by atoms with E-state index in [4.69, 9.17) is 4.74 Å². The smallest absolute Gasteiger partial charge is 0.265 e. The Morgan fingerprint density at radius 1 is 0.926 bits per heavy atom. The Morgan fingerprint density at radius 3 is 2.43 bits per heavy atom. The molecule has 2 N–H and O–H groups in total. The van der Waals surface area contributed by atoms with Crippen LogP contribution in [0.5, 0.6) is 0 Å². The van der Waals surface area contributed by atoms with Crippen molar-refractivity contribution >= 4 is 51.9 Å². The number of carbonyl (C=O) groups excluding carboxylic acids is 3. The number of pyridine rings is 2. The number of amides is 3. The Morgan fingerprint density at radius 2 is 1.70 bits per heavy atom. The maximum atomic E-state index is 14.8. The van der Waals surface area contributed by atoms with Crippen LogP contribution in [0.2, 0.25) is 0 Å². The van der Waals surface area contributed by atoms with Crippen LogP contribution >= 0.6 is 11.3 Å². The predicted molar refractivity (Wildman–Crippen MR) is 209 cm³/mol. The third kappa shape index (κ3) is 6.75. The number of para-hydroxylation sites is 1. The lowest BCUT2D eigenvalue weighted by atomic mass is 9.77. The largest absolute Gasteiger partial charge is 0.380 e. The molecule has 12 heteroatoms. The van der Waals surface area contributed by atoms with Crippen LogP contribution in [-0.2, 0) is 11.2 Å². The second-order valence-electron chi connectivity index (χ2n) is 14.8. The van der Waals surface area contributed by atoms with Crippen LogP contribution in [0.4, 0.5) is 27.3 Å². The number of carbonyl (C=O) groups is 3. The van der Waals surface area contributed by atoms with Crippen molar-refractivity contribution < 1.29 is 23.5 Å². The molecule has 54 heavy (non-hydrogen) atoms. The van der Waals surface area contributed by atoms with Gasteiger partial charge in [0.1, 0.15) is 17.3 Å². The minimum Gasteiger partial charge on any atom is -0.380 e. The van der Waals surface area contributed by atoms with E-state index >= 15 is 0 Å². The van der Waals surface area contributed by atoms with Gasteiger partial charge in [-0.3, -0.25) is 19.4 Å². The SMILES string of the molecule is Cc1cnc(N2CCC3(CC2)COC3)c(C(=O)Nc2ccc(C(=O)N3CCc4cc(C(=O)Nc5c(F)cccc5C(C)C)sc4-c4ncccc43)cc2)c1. The van der Waals surface area contributed by atoms with Gasteiger partial charge in [0.2, 0.25) is 0 Å². The van der Waals surface area contributed by atoms with E-state index in [0.29, 0.717) is 51.9 Å². The van der Waals surface area contributed by atoms with Crippen LogP contribution in [0.1, 0.15) is 79.7 Å². The maximum absolute atomic E-state index is 14.8. The monoisotopic (exact) mass is 744 g/mol. The Kier molecular flexibility index (Phi) is 9.49. The van der Waals surface area contributed by atoms with Crippen LogP contribution in [0.15, 0.2) is 79.1 Å². The molecule has 3 aromatic heterocycles. The summed E-state index contributed by atoms with van der Waals surface area (Å²) in [4.78, 5) is 55.6. The number of ether oxygens (including phenoxy) is 1. The molecule has 0 aliphatic carbocycles. The number of rotatable bonds is 7. The standard InChI is InChI=1S/C42H41FN6O4S/c1-25(2)30-6-4-7-32(43)35(30)47-40(51)34-21-28-13-17-49(33-8-5-16-44-36(33)37(28)54-34)41(52)27-9-11-29(12-10-27)46-39(50)31-20-26(3)22-45-38(31)48-18-14-42(15-19-48)23-53-24-42/h4-12,16,20-22,25H,13-15,17-19,23-24H2,1-3H3,(H,46,50)(H,47,51). The van der Waals surface area contributed by atoms with E-state index in [0.717, 1.165) is 60.7 Å². The zero-order valence-corrected chi connectivity index (χ0v) is 31.3. The predicted octanol–water partition coefficient (Wildman–Crippen LogP) is 8.10. The highest BCUT2D eigenvalue weighted by Crippen LogP contribution is 2.42. The van der Waals surface area contributed by atoms with Crippen LogP contribution in [0.3, 0.4) is 0 Å². The third-order valence-electron chi connectivity index (χ3n) is 10.7. The summed E-state index contributed by atoms with van der Waals surface area (Å²) in [6.45, 7) is 9.46. The quantitative estimate of drug-likeness (QED) is 0.173. The van der Waals surface area contributed by atoms with Crippen LogP contribution in [-0.4, -0.2) is 60.5 Å². The molecule has 3 amide bonds. The Hall–Kier alpha value is -5.46. The molecule has 2 aromatic carbocycles. The fourth-order valence-electron chi connectivity index (χ4n) is 7.51. The number of piperidine rings is 1. The second kappa shape index (κ2) is 14.4. The van der Waals surface area contributed by atoms with E-state index in [9.17, 15) is 18.8 Å². The van der Waals surface area contributed by atoms with Gasteiger partial charge in [-0.15, -0.1) is 11.3 Å². The summed E-state index contributed by atoms with van der Waals surface area (Å²) in [5.41, 5.74) is 5.75. The zero-order valence-electron chi connectivity index (χ0n) is 30.4. The van der Waals surface area contributed by atoms with E-state index in [2.05, 4.69) is 25.5 Å². The molecule has 6 heterocycles. The molecule has 0 bridgehead atoms. The number of nitrogens with one attached hydrogen (secondary N) is 2. The van der Waals surface area contributed by atoms with Gasteiger partial charge in [-0.05, 0) is 103 Å². The first kappa shape index (κ1) is 35.6. The number of anilines is 4. The normalized spacial score (nSPS) is 15.9. The van der Waals surface area contributed by atoms with Crippen LogP contribution < -0.4 is 20.4 Å². The molecule has 0 radical (unpaired) electrons. The molecule has 3 aliphatic rings. The summed E-state index contributed by atoms with van der Waals surface area (Å²) >= 11 is 1.28. The number of aryl methyl sites for hydroxylation is 1. The van der Waals surface area contributed by atoms with Crippen molar-refractivity contribution in [3.8, 4) is 10.6 Å². The number of nitrogens with zero attached hydrogens (tertiary/aromatic N) is 4. The Bertz CT molecular complexity index is 2260. The average Bonchev–Trinajstić information content (AvgIpc) is 3.53. The first-order chi connectivity index (χ1) is 26.1. The first-order valence-corrected chi connectivity index (χ1v) is 19.1. The Labute approximate surface area is 317 Å².